The van der Waals surface area contributed by atoms with Gasteiger partial charge in [0.1, 0.15) is 24.4 Å². The lowest BCUT2D eigenvalue weighted by Crippen LogP contribution is -2.42. The van der Waals surface area contributed by atoms with Crippen LogP contribution in [0.5, 0.6) is 5.75 Å². The van der Waals surface area contributed by atoms with Gasteiger partial charge in [0.05, 0.1) is 5.02 Å². The average molecular weight is 723 g/mol. The normalized spacial score (nSPS) is 12.8. The van der Waals surface area contributed by atoms with Gasteiger partial charge >= 0.3 is 11.9 Å². The van der Waals surface area contributed by atoms with Crippen LogP contribution in [0.1, 0.15) is 59.5 Å². The summed E-state index contributed by atoms with van der Waals surface area (Å²) in [5, 5.41) is 24.0. The fourth-order valence-electron chi connectivity index (χ4n) is 5.13. The molecule has 0 radical (unpaired) electrons. The molecule has 4 N–H and O–H groups in total. The fourth-order valence-corrected chi connectivity index (χ4v) is 5.37. The third-order valence-corrected chi connectivity index (χ3v) is 8.12. The zero-order valence-electron chi connectivity index (χ0n) is 28.0. The van der Waals surface area contributed by atoms with Crippen molar-refractivity contribution in [3.05, 3.63) is 160 Å². The number of amides is 2. The van der Waals surface area contributed by atoms with Crippen LogP contribution in [0.3, 0.4) is 0 Å². The van der Waals surface area contributed by atoms with E-state index in [0.717, 1.165) is 11.1 Å². The third-order valence-electron chi connectivity index (χ3n) is 7.82. The number of halogens is 1. The van der Waals surface area contributed by atoms with Gasteiger partial charge in [-0.2, -0.15) is 0 Å². The van der Waals surface area contributed by atoms with Crippen molar-refractivity contribution in [1.29, 1.82) is 0 Å². The summed E-state index contributed by atoms with van der Waals surface area (Å²) in [5.74, 6) is -3.57. The van der Waals surface area contributed by atoms with Crippen molar-refractivity contribution in [3.8, 4) is 5.75 Å². The van der Waals surface area contributed by atoms with Gasteiger partial charge < -0.3 is 25.6 Å². The number of hydrogen-bond donors (Lipinski definition) is 4. The van der Waals surface area contributed by atoms with E-state index in [1.807, 2.05) is 36.4 Å². The van der Waals surface area contributed by atoms with Gasteiger partial charge in [0.25, 0.3) is 11.8 Å². The molecule has 4 aromatic carbocycles. The minimum Gasteiger partial charge on any atom is -0.488 e. The molecule has 0 heterocycles. The molecule has 5 rings (SSSR count). The standard InChI is InChI=1S/C21H17NO5.C19H18ClNO4/c1-12-9-18(23)16-11-14(7-8-15(16)19(12)24)20(25)22-17(21(26)27)10-13-5-3-2-4-6-13;1-2-10-25-17-9-8-14(12-15(17)20)18(22)21-16(19(23)24)11-13-6-4-3-5-7-13/h2-9,11,17H,10H2,1H3,(H,22,25)(H,26,27);2-9,12,16H,1,10-11H2,(H,21,22)(H,23,24)/t;16-/m.0/s1. The van der Waals surface area contributed by atoms with E-state index in [1.54, 1.807) is 43.3 Å². The summed E-state index contributed by atoms with van der Waals surface area (Å²) in [7, 11) is 0. The van der Waals surface area contributed by atoms with Crippen LogP contribution in [0.4, 0.5) is 0 Å². The number of aliphatic carboxylic acids is 2. The highest BCUT2D eigenvalue weighted by Gasteiger charge is 2.26. The molecule has 11 nitrogen and oxygen atoms in total. The average Bonchev–Trinajstić information content (AvgIpc) is 3.13. The number of nitrogens with one attached hydrogen (secondary N) is 2. The van der Waals surface area contributed by atoms with Gasteiger partial charge in [0, 0.05) is 40.7 Å². The van der Waals surface area contributed by atoms with Crippen LogP contribution in [0.15, 0.2) is 121 Å². The van der Waals surface area contributed by atoms with Crippen molar-refractivity contribution in [1.82, 2.24) is 10.6 Å². The molecule has 0 bridgehead atoms. The minimum absolute atomic E-state index is 0.127. The second-order valence-electron chi connectivity index (χ2n) is 11.6. The number of hydrogen-bond acceptors (Lipinski definition) is 7. The van der Waals surface area contributed by atoms with Crippen LogP contribution in [-0.4, -0.2) is 64.2 Å². The van der Waals surface area contributed by atoms with Crippen molar-refractivity contribution in [2.24, 2.45) is 0 Å². The maximum absolute atomic E-state index is 12.5. The van der Waals surface area contributed by atoms with E-state index >= 15 is 0 Å². The molecule has 0 fully saturated rings. The van der Waals surface area contributed by atoms with Gasteiger partial charge in [-0.15, -0.1) is 0 Å². The summed E-state index contributed by atoms with van der Waals surface area (Å²) in [6.07, 6.45) is 3.14. The molecule has 1 aliphatic carbocycles. The summed E-state index contributed by atoms with van der Waals surface area (Å²) >= 11 is 6.08. The Bertz CT molecular complexity index is 2030. The van der Waals surface area contributed by atoms with Crippen LogP contribution >= 0.6 is 11.6 Å². The van der Waals surface area contributed by atoms with Crippen molar-refractivity contribution >= 4 is 46.9 Å². The smallest absolute Gasteiger partial charge is 0.326 e. The summed E-state index contributed by atoms with van der Waals surface area (Å²) < 4.78 is 5.34. The number of benzene rings is 4. The number of carboxylic acid groups (broad SMARTS) is 2. The van der Waals surface area contributed by atoms with Crippen molar-refractivity contribution in [2.45, 2.75) is 31.8 Å². The molecule has 266 valence electrons. The SMILES string of the molecule is C=CCOc1ccc(C(=O)N[C@@H](Cc2ccccc2)C(=O)O)cc1Cl.CC1=CC(=O)c2cc(C(=O)NC(Cc3ccccc3)C(=O)O)ccc2C1=O. The highest BCUT2D eigenvalue weighted by molar-refractivity contribution is 6.32. The van der Waals surface area contributed by atoms with Gasteiger partial charge in [-0.05, 0) is 60.5 Å². The van der Waals surface area contributed by atoms with Gasteiger partial charge in [-0.25, -0.2) is 9.59 Å². The Balaban J connectivity index is 0.000000234. The summed E-state index contributed by atoms with van der Waals surface area (Å²) in [5.41, 5.74) is 2.72. The third kappa shape index (κ3) is 10.3. The Morgan fingerprint density at radius 2 is 1.25 bits per heavy atom. The maximum atomic E-state index is 12.5. The molecule has 2 amide bonds. The fraction of sp³-hybridized carbons (Fsp3) is 0.150. The Labute approximate surface area is 304 Å². The number of carbonyl (C=O) groups excluding carboxylic acids is 4. The predicted molar refractivity (Wildman–Crippen MR) is 194 cm³/mol. The first-order valence-corrected chi connectivity index (χ1v) is 16.4. The van der Waals surface area contributed by atoms with Crippen LogP contribution in [0, 0.1) is 0 Å². The maximum Gasteiger partial charge on any atom is 0.326 e. The zero-order valence-corrected chi connectivity index (χ0v) is 28.8. The number of ether oxygens (including phenoxy) is 1. The minimum atomic E-state index is -1.16. The summed E-state index contributed by atoms with van der Waals surface area (Å²) in [6.45, 7) is 5.40. The number of Topliss-reactive ketones (excluding diaryl/α,β-unsaturated/α-hetero) is 1. The lowest BCUT2D eigenvalue weighted by Gasteiger charge is -2.17. The van der Waals surface area contributed by atoms with Crippen LogP contribution in [-0.2, 0) is 22.4 Å². The van der Waals surface area contributed by atoms with E-state index in [4.69, 9.17) is 16.3 Å². The summed E-state index contributed by atoms with van der Waals surface area (Å²) in [6, 6.07) is 24.6. The topological polar surface area (TPSA) is 176 Å². The molecule has 4 aromatic rings. The second kappa shape index (κ2) is 18.1. The molecule has 2 atom stereocenters. The molecule has 12 heteroatoms. The number of carboxylic acids is 2. The van der Waals surface area contributed by atoms with Gasteiger partial charge in [0.15, 0.2) is 11.6 Å². The molecule has 0 aromatic heterocycles. The quantitative estimate of drug-likeness (QED) is 0.125. The van der Waals surface area contributed by atoms with E-state index in [2.05, 4.69) is 17.2 Å². The molecule has 0 saturated carbocycles. The van der Waals surface area contributed by atoms with Crippen LogP contribution < -0.4 is 15.4 Å². The van der Waals surface area contributed by atoms with Crippen LogP contribution in [0.2, 0.25) is 5.02 Å². The predicted octanol–water partition coefficient (Wildman–Crippen LogP) is 5.77. The number of carbonyl (C=O) groups is 6. The second-order valence-corrected chi connectivity index (χ2v) is 12.0. The zero-order chi connectivity index (χ0) is 37.8. The van der Waals surface area contributed by atoms with E-state index in [0.29, 0.717) is 17.9 Å². The van der Waals surface area contributed by atoms with Gasteiger partial charge in [0.2, 0.25) is 0 Å². The number of allylic oxidation sites excluding steroid dienone is 2. The van der Waals surface area contributed by atoms with Gasteiger partial charge in [-0.1, -0.05) is 84.9 Å². The number of ketones is 2. The lowest BCUT2D eigenvalue weighted by atomic mass is 9.89. The van der Waals surface area contributed by atoms with Crippen LogP contribution in [0.25, 0.3) is 0 Å². The van der Waals surface area contributed by atoms with E-state index in [-0.39, 0.29) is 51.7 Å². The highest BCUT2D eigenvalue weighted by Crippen LogP contribution is 2.26. The monoisotopic (exact) mass is 722 g/mol. The summed E-state index contributed by atoms with van der Waals surface area (Å²) in [4.78, 5) is 72.0. The van der Waals surface area contributed by atoms with E-state index in [1.165, 1.54) is 36.4 Å². The van der Waals surface area contributed by atoms with Gasteiger partial charge in [-0.3, -0.25) is 19.2 Å². The Kier molecular flexibility index (Phi) is 13.4. The first-order chi connectivity index (χ1) is 24.9. The van der Waals surface area contributed by atoms with E-state index < -0.39 is 35.8 Å². The van der Waals surface area contributed by atoms with Crippen molar-refractivity contribution in [2.75, 3.05) is 6.61 Å². The Morgan fingerprint density at radius 1 is 0.750 bits per heavy atom. The van der Waals surface area contributed by atoms with E-state index in [9.17, 15) is 39.0 Å². The number of fused-ring (bicyclic) bond motifs is 1. The molecule has 1 unspecified atom stereocenters. The molecule has 52 heavy (non-hydrogen) atoms. The Morgan fingerprint density at radius 3 is 1.73 bits per heavy atom. The molecule has 0 saturated heterocycles. The Hall–Kier alpha value is -6.33. The number of rotatable bonds is 13. The molecule has 1 aliphatic rings. The highest BCUT2D eigenvalue weighted by atomic mass is 35.5. The first-order valence-electron chi connectivity index (χ1n) is 16.0. The first kappa shape index (κ1) is 38.5. The molecule has 0 spiro atoms. The molecular weight excluding hydrogens is 688 g/mol. The van der Waals surface area contributed by atoms with Crippen molar-refractivity contribution in [3.63, 3.8) is 0 Å². The largest absolute Gasteiger partial charge is 0.488 e. The lowest BCUT2D eigenvalue weighted by molar-refractivity contribution is -0.140. The van der Waals surface area contributed by atoms with Crippen molar-refractivity contribution < 1.29 is 43.7 Å². The molecule has 0 aliphatic heterocycles. The molecular formula is C40H35ClN2O9.